The van der Waals surface area contributed by atoms with Crippen LogP contribution in [0.3, 0.4) is 0 Å². The Kier molecular flexibility index (Phi) is 107. The summed E-state index contributed by atoms with van der Waals surface area (Å²) in [5, 5.41) is 0. The molecule has 0 fully saturated rings. The van der Waals surface area contributed by atoms with E-state index in [1.807, 2.05) is 72.8 Å². The molecule has 0 aliphatic heterocycles. The van der Waals surface area contributed by atoms with Crippen LogP contribution in [0.4, 0.5) is 0 Å². The summed E-state index contributed by atoms with van der Waals surface area (Å²) >= 11 is 0. The van der Waals surface area contributed by atoms with Gasteiger partial charge in [0.25, 0.3) is 0 Å². The molecular weight excluding hydrogens is 397 g/mol. The molecule has 0 spiro atoms. The molecule has 2 aromatic rings. The summed E-state index contributed by atoms with van der Waals surface area (Å²) in [5.74, 6) is 0. The van der Waals surface area contributed by atoms with Gasteiger partial charge in [-0.15, -0.1) is 31.2 Å². The van der Waals surface area contributed by atoms with Crippen molar-refractivity contribution in [3.05, 3.63) is 140 Å². The van der Waals surface area contributed by atoms with E-state index in [-0.39, 0.29) is 89.8 Å². The molecule has 1 aliphatic rings. The van der Waals surface area contributed by atoms with Crippen molar-refractivity contribution in [2.75, 3.05) is 0 Å². The molecule has 0 heterocycles. The van der Waals surface area contributed by atoms with Crippen LogP contribution in [-0.4, -0.2) is 0 Å². The predicted molar refractivity (Wildman–Crippen MR) is 124 cm³/mol. The molecule has 2 aromatic carbocycles. The summed E-state index contributed by atoms with van der Waals surface area (Å²) in [5.41, 5.74) is 0. The van der Waals surface area contributed by atoms with Gasteiger partial charge in [0.1, 0.15) is 0 Å². The van der Waals surface area contributed by atoms with E-state index in [1.54, 1.807) is 0 Å². The molecule has 0 saturated heterocycles. The Hall–Kier alpha value is -0.826. The number of hydrogen-bond donors (Lipinski definition) is 0. The van der Waals surface area contributed by atoms with E-state index < -0.39 is 0 Å². The monoisotopic (exact) mass is 430 g/mol. The number of rotatable bonds is 0. The zero-order chi connectivity index (χ0) is 12.0. The predicted octanol–water partition coefficient (Wildman–Crippen LogP) is 8.09. The molecule has 0 atom stereocenters. The molecule has 0 aromatic heterocycles. The summed E-state index contributed by atoms with van der Waals surface area (Å²) in [4.78, 5) is 0. The van der Waals surface area contributed by atoms with Gasteiger partial charge in [0.05, 0.1) is 0 Å². The van der Waals surface area contributed by atoms with Crippen molar-refractivity contribution >= 4 is 24.8 Å². The van der Waals surface area contributed by atoms with Gasteiger partial charge >= 0.3 is 0 Å². The Morgan fingerprint density at radius 2 is 0.923 bits per heavy atom. The van der Waals surface area contributed by atoms with Crippen molar-refractivity contribution in [1.29, 1.82) is 0 Å². The fourth-order valence-electron chi connectivity index (χ4n) is 1.02. The molecular formula is C22H34Cl2NTi-9. The summed E-state index contributed by atoms with van der Waals surface area (Å²) in [6.45, 7) is 0. The van der Waals surface area contributed by atoms with E-state index in [0.29, 0.717) is 0 Å². The summed E-state index contributed by atoms with van der Waals surface area (Å²) < 4.78 is 0. The van der Waals surface area contributed by atoms with Crippen LogP contribution in [0.25, 0.3) is 6.15 Å². The van der Waals surface area contributed by atoms with Crippen LogP contribution in [-0.2, 0) is 21.7 Å². The molecule has 0 bridgehead atoms. The van der Waals surface area contributed by atoms with Crippen molar-refractivity contribution in [2.24, 2.45) is 0 Å². The standard InChI is InChI=1S/2C6H5.C5H5.5CH3.2ClH.H2N.Ti/c2*1-2-4-6-5-3-1;1-2-4-5-3-1;;;;;;;;;/h2*1-5H;1-3H,4H2;5*1H3;2*1H;1H2;/q8*-1;;;-1;. The van der Waals surface area contributed by atoms with Crippen molar-refractivity contribution in [2.45, 2.75) is 6.42 Å². The Balaban J connectivity index is -0.0000000204. The Morgan fingerprint density at radius 3 is 1.00 bits per heavy atom. The molecule has 4 heteroatoms. The molecule has 0 unspecified atom stereocenters. The first-order chi connectivity index (χ1) is 8.50. The minimum atomic E-state index is 0. The number of halogens is 2. The van der Waals surface area contributed by atoms with Gasteiger partial charge in [0.2, 0.25) is 0 Å². The molecule has 1 aliphatic carbocycles. The first-order valence-corrected chi connectivity index (χ1v) is 5.54. The quantitative estimate of drug-likeness (QED) is 0.298. The molecule has 3 rings (SSSR count). The van der Waals surface area contributed by atoms with Gasteiger partial charge in [0, 0.05) is 21.7 Å². The maximum absolute atomic E-state index is 2.99. The van der Waals surface area contributed by atoms with Crippen LogP contribution in [0.2, 0.25) is 0 Å². The molecule has 0 saturated carbocycles. The summed E-state index contributed by atoms with van der Waals surface area (Å²) in [6, 6.07) is 25.0. The van der Waals surface area contributed by atoms with Crippen molar-refractivity contribution in [3.8, 4) is 0 Å². The number of nitrogens with two attached hydrogens (primary N) is 1. The average Bonchev–Trinajstić information content (AvgIpc) is 3.03. The second-order valence-corrected chi connectivity index (χ2v) is 3.16. The molecule has 1 nitrogen and oxygen atoms in total. The average molecular weight is 431 g/mol. The largest absolute Gasteiger partial charge is 0.693 e. The first kappa shape index (κ1) is 56.2. The zero-order valence-corrected chi connectivity index (χ0v) is 19.8. The zero-order valence-electron chi connectivity index (χ0n) is 16.6. The number of allylic oxidation sites excluding steroid dienone is 4. The van der Waals surface area contributed by atoms with Crippen LogP contribution in [0, 0.1) is 55.3 Å². The van der Waals surface area contributed by atoms with Crippen molar-refractivity contribution in [1.82, 2.24) is 0 Å². The smallest absolute Gasteiger partial charge is 0 e. The second-order valence-electron chi connectivity index (χ2n) is 3.16. The van der Waals surface area contributed by atoms with Gasteiger partial charge in [0.15, 0.2) is 0 Å². The normalized spacial score (nSPS) is 7.08. The Morgan fingerprint density at radius 1 is 0.577 bits per heavy atom. The van der Waals surface area contributed by atoms with Gasteiger partial charge < -0.3 is 43.3 Å². The minimum Gasteiger partial charge on any atom is -0.693 e. The molecule has 26 heavy (non-hydrogen) atoms. The third-order valence-corrected chi connectivity index (χ3v) is 1.80. The van der Waals surface area contributed by atoms with E-state index >= 15 is 0 Å². The van der Waals surface area contributed by atoms with Crippen molar-refractivity contribution < 1.29 is 21.7 Å². The van der Waals surface area contributed by atoms with Crippen molar-refractivity contribution in [3.63, 3.8) is 0 Å². The molecule has 0 amide bonds. The van der Waals surface area contributed by atoms with Gasteiger partial charge in [-0.25, -0.2) is 12.2 Å². The molecule has 0 radical (unpaired) electrons. The van der Waals surface area contributed by atoms with E-state index in [4.69, 9.17) is 0 Å². The first-order valence-electron chi connectivity index (χ1n) is 5.54. The van der Waals surface area contributed by atoms with Gasteiger partial charge in [-0.1, -0.05) is 0 Å². The van der Waals surface area contributed by atoms with Crippen LogP contribution in [0.5, 0.6) is 0 Å². The van der Waals surface area contributed by atoms with Crippen LogP contribution in [0.1, 0.15) is 6.42 Å². The van der Waals surface area contributed by atoms with Gasteiger partial charge in [-0.2, -0.15) is 78.9 Å². The SMILES string of the molecule is Cl.Cl.[C-]1=CC=CC1.[CH3-].[CH3-].[CH3-].[CH3-].[CH3-].[NH2-].[Ti].[c-]1ccccc1.[c-]1ccccc1. The third-order valence-electron chi connectivity index (χ3n) is 1.80. The fraction of sp³-hybridized carbons (Fsp3) is 0.0455. The second kappa shape index (κ2) is 49.6. The fourth-order valence-corrected chi connectivity index (χ4v) is 1.02. The summed E-state index contributed by atoms with van der Waals surface area (Å²) in [7, 11) is 0. The van der Waals surface area contributed by atoms with E-state index in [1.165, 1.54) is 0 Å². The topological polar surface area (TPSA) is 33.5 Å². The molecule has 154 valence electrons. The van der Waals surface area contributed by atoms with Crippen LogP contribution in [0.15, 0.2) is 78.9 Å². The van der Waals surface area contributed by atoms with Crippen LogP contribution >= 0.6 is 24.8 Å². The Bertz CT molecular complexity index is 326. The van der Waals surface area contributed by atoms with E-state index in [2.05, 4.69) is 24.3 Å². The third kappa shape index (κ3) is 43.6. The van der Waals surface area contributed by atoms with Gasteiger partial charge in [-0.3, -0.25) is 6.08 Å². The van der Waals surface area contributed by atoms with Gasteiger partial charge in [-0.05, 0) is 0 Å². The number of benzene rings is 2. The summed E-state index contributed by atoms with van der Waals surface area (Å²) in [6.07, 6.45) is 10.0. The van der Waals surface area contributed by atoms with E-state index in [9.17, 15) is 0 Å². The Labute approximate surface area is 192 Å². The maximum Gasteiger partial charge on any atom is 0 e. The maximum atomic E-state index is 2.99. The number of hydrogen-bond acceptors (Lipinski definition) is 0. The van der Waals surface area contributed by atoms with E-state index in [0.717, 1.165) is 6.42 Å². The molecule has 2 N–H and O–H groups in total. The minimum absolute atomic E-state index is 0. The van der Waals surface area contributed by atoms with Crippen LogP contribution < -0.4 is 0 Å².